The van der Waals surface area contributed by atoms with Crippen molar-refractivity contribution in [3.63, 3.8) is 0 Å². The van der Waals surface area contributed by atoms with E-state index < -0.39 is 0 Å². The van der Waals surface area contributed by atoms with Crippen LogP contribution in [0.5, 0.6) is 0 Å². The van der Waals surface area contributed by atoms with Gasteiger partial charge in [-0.1, -0.05) is 93.6 Å². The summed E-state index contributed by atoms with van der Waals surface area (Å²) < 4.78 is 14.4. The van der Waals surface area contributed by atoms with Crippen molar-refractivity contribution in [3.05, 3.63) is 64.4 Å². The Morgan fingerprint density at radius 3 is 2.19 bits per heavy atom. The standard InChI is InChI=1S/C29H36ClF/c1-3-5-20-6-8-22(9-7-20)23-10-12-24(13-11-23)25-14-16-26(17-15-25)27-19-18-21(4-2)29(31)28(27)30/h12,14-20,22-23H,3-11,13H2,1-2H3. The van der Waals surface area contributed by atoms with Crippen molar-refractivity contribution >= 4 is 17.2 Å². The maximum Gasteiger partial charge on any atom is 0.145 e. The molecule has 0 saturated heterocycles. The number of rotatable bonds is 6. The quantitative estimate of drug-likeness (QED) is 0.421. The molecule has 1 saturated carbocycles. The van der Waals surface area contributed by atoms with Crippen LogP contribution in [0.1, 0.15) is 82.8 Å². The molecule has 0 nitrogen and oxygen atoms in total. The second kappa shape index (κ2) is 10.3. The fourth-order valence-corrected chi connectivity index (χ4v) is 6.14. The molecule has 0 bridgehead atoms. The molecule has 0 amide bonds. The molecule has 2 aromatic rings. The molecule has 0 aliphatic heterocycles. The molecular formula is C29H36ClF. The van der Waals surface area contributed by atoms with Gasteiger partial charge in [0.1, 0.15) is 5.82 Å². The highest BCUT2D eigenvalue weighted by molar-refractivity contribution is 6.33. The fourth-order valence-electron chi connectivity index (χ4n) is 5.85. The Hall–Kier alpha value is -1.60. The van der Waals surface area contributed by atoms with E-state index in [0.717, 1.165) is 28.9 Å². The molecule has 1 fully saturated rings. The molecule has 0 radical (unpaired) electrons. The van der Waals surface area contributed by atoms with E-state index in [1.807, 2.05) is 19.1 Å². The zero-order valence-electron chi connectivity index (χ0n) is 19.1. The third-order valence-electron chi connectivity index (χ3n) is 7.82. The average Bonchev–Trinajstić information content (AvgIpc) is 2.82. The summed E-state index contributed by atoms with van der Waals surface area (Å²) in [7, 11) is 0. The number of allylic oxidation sites excluding steroid dienone is 2. The van der Waals surface area contributed by atoms with E-state index >= 15 is 0 Å². The summed E-state index contributed by atoms with van der Waals surface area (Å²) in [4.78, 5) is 0. The molecule has 0 spiro atoms. The molecular weight excluding hydrogens is 403 g/mol. The van der Waals surface area contributed by atoms with Crippen LogP contribution in [-0.4, -0.2) is 0 Å². The van der Waals surface area contributed by atoms with Crippen LogP contribution in [0, 0.1) is 23.6 Å². The molecule has 1 atom stereocenters. The van der Waals surface area contributed by atoms with Crippen LogP contribution >= 0.6 is 11.6 Å². The van der Waals surface area contributed by atoms with Crippen LogP contribution in [0.2, 0.25) is 5.02 Å². The monoisotopic (exact) mass is 438 g/mol. The normalized spacial score (nSPS) is 24.1. The minimum Gasteiger partial charge on any atom is -0.205 e. The van der Waals surface area contributed by atoms with Crippen LogP contribution in [-0.2, 0) is 6.42 Å². The van der Waals surface area contributed by atoms with Crippen molar-refractivity contribution in [3.8, 4) is 11.1 Å². The van der Waals surface area contributed by atoms with E-state index in [1.54, 1.807) is 0 Å². The minimum atomic E-state index is -0.282. The third kappa shape index (κ3) is 5.08. The van der Waals surface area contributed by atoms with Gasteiger partial charge in [-0.2, -0.15) is 0 Å². The Morgan fingerprint density at radius 2 is 1.58 bits per heavy atom. The second-order valence-corrected chi connectivity index (χ2v) is 10.0. The summed E-state index contributed by atoms with van der Waals surface area (Å²) in [5, 5.41) is 0.237. The van der Waals surface area contributed by atoms with Gasteiger partial charge in [0, 0.05) is 5.56 Å². The van der Waals surface area contributed by atoms with Gasteiger partial charge in [-0.05, 0) is 78.5 Å². The van der Waals surface area contributed by atoms with E-state index in [9.17, 15) is 4.39 Å². The van der Waals surface area contributed by atoms with E-state index in [0.29, 0.717) is 12.0 Å². The number of aryl methyl sites for hydroxylation is 1. The smallest absolute Gasteiger partial charge is 0.145 e. The van der Waals surface area contributed by atoms with Crippen molar-refractivity contribution in [2.45, 2.75) is 78.1 Å². The lowest BCUT2D eigenvalue weighted by Gasteiger charge is -2.35. The molecule has 166 valence electrons. The first-order chi connectivity index (χ1) is 15.1. The van der Waals surface area contributed by atoms with Crippen molar-refractivity contribution in [1.82, 2.24) is 0 Å². The lowest BCUT2D eigenvalue weighted by molar-refractivity contribution is 0.189. The Bertz CT molecular complexity index is 903. The lowest BCUT2D eigenvalue weighted by atomic mass is 9.70. The molecule has 0 N–H and O–H groups in total. The topological polar surface area (TPSA) is 0 Å². The maximum atomic E-state index is 14.4. The van der Waals surface area contributed by atoms with E-state index in [-0.39, 0.29) is 10.8 Å². The highest BCUT2D eigenvalue weighted by Gasteiger charge is 2.28. The highest BCUT2D eigenvalue weighted by Crippen LogP contribution is 2.42. The molecule has 2 aromatic carbocycles. The Kier molecular flexibility index (Phi) is 7.54. The largest absolute Gasteiger partial charge is 0.205 e. The van der Waals surface area contributed by atoms with Gasteiger partial charge < -0.3 is 0 Å². The summed E-state index contributed by atoms with van der Waals surface area (Å²) >= 11 is 6.33. The van der Waals surface area contributed by atoms with E-state index in [2.05, 4.69) is 37.3 Å². The van der Waals surface area contributed by atoms with Gasteiger partial charge in [0.25, 0.3) is 0 Å². The van der Waals surface area contributed by atoms with Crippen molar-refractivity contribution in [2.24, 2.45) is 17.8 Å². The summed E-state index contributed by atoms with van der Waals surface area (Å²) in [6.07, 6.45) is 15.5. The summed E-state index contributed by atoms with van der Waals surface area (Å²) in [6.45, 7) is 4.27. The molecule has 0 heterocycles. The molecule has 31 heavy (non-hydrogen) atoms. The Morgan fingerprint density at radius 1 is 0.871 bits per heavy atom. The van der Waals surface area contributed by atoms with Crippen molar-refractivity contribution < 1.29 is 4.39 Å². The number of benzene rings is 2. The third-order valence-corrected chi connectivity index (χ3v) is 8.19. The zero-order chi connectivity index (χ0) is 21.8. The molecule has 0 aromatic heterocycles. The van der Waals surface area contributed by atoms with Gasteiger partial charge in [-0.15, -0.1) is 0 Å². The number of halogens is 2. The summed E-state index contributed by atoms with van der Waals surface area (Å²) in [5.74, 6) is 2.53. The first-order valence-electron chi connectivity index (χ1n) is 12.4. The van der Waals surface area contributed by atoms with Crippen molar-refractivity contribution in [1.29, 1.82) is 0 Å². The van der Waals surface area contributed by atoms with Crippen LogP contribution in [0.3, 0.4) is 0 Å². The molecule has 2 aliphatic rings. The van der Waals surface area contributed by atoms with E-state index in [4.69, 9.17) is 11.6 Å². The van der Waals surface area contributed by atoms with Gasteiger partial charge in [-0.3, -0.25) is 0 Å². The van der Waals surface area contributed by atoms with Crippen LogP contribution in [0.4, 0.5) is 4.39 Å². The van der Waals surface area contributed by atoms with Gasteiger partial charge in [-0.25, -0.2) is 4.39 Å². The molecule has 4 rings (SSSR count). The van der Waals surface area contributed by atoms with E-state index in [1.165, 1.54) is 68.9 Å². The first-order valence-corrected chi connectivity index (χ1v) is 12.7. The van der Waals surface area contributed by atoms with Crippen LogP contribution in [0.25, 0.3) is 16.7 Å². The van der Waals surface area contributed by atoms with Crippen LogP contribution < -0.4 is 0 Å². The first kappa shape index (κ1) is 22.6. The summed E-state index contributed by atoms with van der Waals surface area (Å²) in [6, 6.07) is 12.3. The SMILES string of the molecule is CCCC1CCC(C2CC=C(c3ccc(-c4ccc(CC)c(F)c4Cl)cc3)CC2)CC1. The fraction of sp³-hybridized carbons (Fsp3) is 0.517. The van der Waals surface area contributed by atoms with Gasteiger partial charge in [0.15, 0.2) is 0 Å². The van der Waals surface area contributed by atoms with Gasteiger partial charge in [0.05, 0.1) is 5.02 Å². The Balaban J connectivity index is 1.40. The number of hydrogen-bond acceptors (Lipinski definition) is 0. The Labute approximate surface area is 192 Å². The van der Waals surface area contributed by atoms with Crippen LogP contribution in [0.15, 0.2) is 42.5 Å². The number of hydrogen-bond donors (Lipinski definition) is 0. The maximum absolute atomic E-state index is 14.4. The zero-order valence-corrected chi connectivity index (χ0v) is 19.9. The minimum absolute atomic E-state index is 0.237. The van der Waals surface area contributed by atoms with Gasteiger partial charge >= 0.3 is 0 Å². The highest BCUT2D eigenvalue weighted by atomic mass is 35.5. The summed E-state index contributed by atoms with van der Waals surface area (Å²) in [5.41, 5.74) is 5.20. The molecule has 2 heteroatoms. The average molecular weight is 439 g/mol. The second-order valence-electron chi connectivity index (χ2n) is 9.66. The van der Waals surface area contributed by atoms with Crippen molar-refractivity contribution in [2.75, 3.05) is 0 Å². The molecule has 2 aliphatic carbocycles. The lowest BCUT2D eigenvalue weighted by Crippen LogP contribution is -2.23. The van der Waals surface area contributed by atoms with Gasteiger partial charge in [0.2, 0.25) is 0 Å². The predicted molar refractivity (Wildman–Crippen MR) is 132 cm³/mol. The predicted octanol–water partition coefficient (Wildman–Crippen LogP) is 9.50. The molecule has 1 unspecified atom stereocenters.